The first-order valence-electron chi connectivity index (χ1n) is 5.67. The van der Waals surface area contributed by atoms with Crippen molar-refractivity contribution in [2.24, 2.45) is 0 Å². The Morgan fingerprint density at radius 2 is 1.82 bits per heavy atom. The van der Waals surface area contributed by atoms with Crippen LogP contribution >= 0.6 is 0 Å². The average molecular weight is 232 g/mol. The summed E-state index contributed by atoms with van der Waals surface area (Å²) < 4.78 is 0. The van der Waals surface area contributed by atoms with Gasteiger partial charge in [0.1, 0.15) is 5.69 Å². The van der Waals surface area contributed by atoms with E-state index in [9.17, 15) is 4.79 Å². The molecule has 0 amide bonds. The van der Waals surface area contributed by atoms with Crippen LogP contribution in [-0.4, -0.2) is 29.8 Å². The Morgan fingerprint density at radius 1 is 1.24 bits per heavy atom. The van der Waals surface area contributed by atoms with Gasteiger partial charge in [-0.05, 0) is 38.8 Å². The van der Waals surface area contributed by atoms with Crippen molar-refractivity contribution < 1.29 is 4.79 Å². The highest BCUT2D eigenvalue weighted by Crippen LogP contribution is 2.15. The summed E-state index contributed by atoms with van der Waals surface area (Å²) in [6.45, 7) is 7.68. The molecule has 0 bridgehead atoms. The molecule has 0 aromatic carbocycles. The summed E-state index contributed by atoms with van der Waals surface area (Å²) in [5.41, 5.74) is 4.23. The number of ketones is 1. The van der Waals surface area contributed by atoms with Crippen molar-refractivity contribution in [3.63, 3.8) is 0 Å². The SMILES string of the molecule is C/C(=C\N(C)C)C(=O)c1nc(C)c(C)cc1C. The smallest absolute Gasteiger partial charge is 0.208 e. The molecule has 0 saturated heterocycles. The number of carbonyl (C=O) groups excluding carboxylic acids is 1. The highest BCUT2D eigenvalue weighted by Gasteiger charge is 2.14. The van der Waals surface area contributed by atoms with Crippen LogP contribution in [0.2, 0.25) is 0 Å². The van der Waals surface area contributed by atoms with Gasteiger partial charge in [0.2, 0.25) is 5.78 Å². The van der Waals surface area contributed by atoms with Crippen LogP contribution in [0.25, 0.3) is 0 Å². The van der Waals surface area contributed by atoms with Gasteiger partial charge in [0.25, 0.3) is 0 Å². The van der Waals surface area contributed by atoms with Gasteiger partial charge in [-0.25, -0.2) is 4.98 Å². The lowest BCUT2D eigenvalue weighted by Crippen LogP contribution is -2.11. The van der Waals surface area contributed by atoms with Crippen LogP contribution in [0, 0.1) is 20.8 Å². The van der Waals surface area contributed by atoms with E-state index in [-0.39, 0.29) is 5.78 Å². The summed E-state index contributed by atoms with van der Waals surface area (Å²) in [4.78, 5) is 18.5. The molecule has 0 aliphatic carbocycles. The minimum atomic E-state index is -0.000648. The summed E-state index contributed by atoms with van der Waals surface area (Å²) in [5.74, 6) is -0.000648. The quantitative estimate of drug-likeness (QED) is 0.593. The van der Waals surface area contributed by atoms with E-state index < -0.39 is 0 Å². The number of aryl methyl sites for hydroxylation is 3. The molecule has 1 aromatic rings. The second-order valence-corrected chi connectivity index (χ2v) is 4.66. The number of rotatable bonds is 3. The molecule has 17 heavy (non-hydrogen) atoms. The summed E-state index contributed by atoms with van der Waals surface area (Å²) in [6, 6.07) is 2.01. The van der Waals surface area contributed by atoms with E-state index >= 15 is 0 Å². The molecule has 3 heteroatoms. The second-order valence-electron chi connectivity index (χ2n) is 4.66. The zero-order chi connectivity index (χ0) is 13.2. The number of Topliss-reactive ketones (excluding diaryl/α,β-unsaturated/α-hetero) is 1. The number of hydrogen-bond acceptors (Lipinski definition) is 3. The highest BCUT2D eigenvalue weighted by molar-refractivity contribution is 6.07. The molecular formula is C14H20N2O. The van der Waals surface area contributed by atoms with E-state index in [0.717, 1.165) is 16.8 Å². The van der Waals surface area contributed by atoms with Gasteiger partial charge < -0.3 is 4.90 Å². The largest absolute Gasteiger partial charge is 0.383 e. The van der Waals surface area contributed by atoms with Crippen molar-refractivity contribution in [3.05, 3.63) is 40.4 Å². The molecule has 92 valence electrons. The normalized spacial score (nSPS) is 11.5. The van der Waals surface area contributed by atoms with Gasteiger partial charge in [0, 0.05) is 31.6 Å². The van der Waals surface area contributed by atoms with E-state index in [2.05, 4.69) is 4.98 Å². The topological polar surface area (TPSA) is 33.2 Å². The third-order valence-electron chi connectivity index (χ3n) is 2.68. The van der Waals surface area contributed by atoms with Crippen LogP contribution < -0.4 is 0 Å². The van der Waals surface area contributed by atoms with Crippen molar-refractivity contribution in [1.82, 2.24) is 9.88 Å². The fraction of sp³-hybridized carbons (Fsp3) is 0.429. The van der Waals surface area contributed by atoms with Crippen LogP contribution in [0.15, 0.2) is 17.8 Å². The molecule has 0 N–H and O–H groups in total. The van der Waals surface area contributed by atoms with E-state index in [1.807, 2.05) is 59.0 Å². The van der Waals surface area contributed by atoms with Crippen LogP contribution in [-0.2, 0) is 0 Å². The Balaban J connectivity index is 3.17. The van der Waals surface area contributed by atoms with Crippen LogP contribution in [0.3, 0.4) is 0 Å². The van der Waals surface area contributed by atoms with Gasteiger partial charge in [0.15, 0.2) is 0 Å². The number of nitrogens with zero attached hydrogens (tertiary/aromatic N) is 2. The maximum Gasteiger partial charge on any atom is 0.208 e. The fourth-order valence-corrected chi connectivity index (χ4v) is 1.70. The molecule has 0 saturated carbocycles. The summed E-state index contributed by atoms with van der Waals surface area (Å²) >= 11 is 0. The lowest BCUT2D eigenvalue weighted by atomic mass is 10.0. The lowest BCUT2D eigenvalue weighted by Gasteiger charge is -2.10. The van der Waals surface area contributed by atoms with Crippen LogP contribution in [0.1, 0.15) is 34.2 Å². The van der Waals surface area contributed by atoms with Gasteiger partial charge in [-0.1, -0.05) is 6.07 Å². The Morgan fingerprint density at radius 3 is 2.35 bits per heavy atom. The zero-order valence-corrected chi connectivity index (χ0v) is 11.5. The number of aromatic nitrogens is 1. The molecule has 0 spiro atoms. The van der Waals surface area contributed by atoms with Crippen molar-refractivity contribution in [2.45, 2.75) is 27.7 Å². The zero-order valence-electron chi connectivity index (χ0n) is 11.5. The Hall–Kier alpha value is -1.64. The Kier molecular flexibility index (Phi) is 4.05. The average Bonchev–Trinajstić information content (AvgIpc) is 2.21. The molecule has 3 nitrogen and oxygen atoms in total. The number of carbonyl (C=O) groups is 1. The minimum absolute atomic E-state index is 0.000648. The molecule has 0 aliphatic heterocycles. The molecule has 0 fully saturated rings. The monoisotopic (exact) mass is 232 g/mol. The maximum absolute atomic E-state index is 12.2. The Labute approximate surface area is 103 Å². The standard InChI is InChI=1S/C14H20N2O/c1-9-7-10(2)13(15-12(9)4)14(17)11(3)8-16(5)6/h7-8H,1-6H3/b11-8+. The van der Waals surface area contributed by atoms with Crippen molar-refractivity contribution in [2.75, 3.05) is 14.1 Å². The van der Waals surface area contributed by atoms with Gasteiger partial charge >= 0.3 is 0 Å². The maximum atomic E-state index is 12.2. The van der Waals surface area contributed by atoms with Gasteiger partial charge in [0.05, 0.1) is 0 Å². The molecular weight excluding hydrogens is 212 g/mol. The number of pyridine rings is 1. The fourth-order valence-electron chi connectivity index (χ4n) is 1.70. The van der Waals surface area contributed by atoms with Gasteiger partial charge in [-0.3, -0.25) is 4.79 Å². The number of allylic oxidation sites excluding steroid dienone is 1. The van der Waals surface area contributed by atoms with Crippen molar-refractivity contribution in [1.29, 1.82) is 0 Å². The first kappa shape index (κ1) is 13.4. The van der Waals surface area contributed by atoms with E-state index in [4.69, 9.17) is 0 Å². The van der Waals surface area contributed by atoms with E-state index in [0.29, 0.717) is 11.3 Å². The van der Waals surface area contributed by atoms with Gasteiger partial charge in [-0.2, -0.15) is 0 Å². The van der Waals surface area contributed by atoms with Crippen molar-refractivity contribution in [3.8, 4) is 0 Å². The molecule has 0 aliphatic rings. The molecule has 0 unspecified atom stereocenters. The third-order valence-corrected chi connectivity index (χ3v) is 2.68. The van der Waals surface area contributed by atoms with E-state index in [1.165, 1.54) is 0 Å². The summed E-state index contributed by atoms with van der Waals surface area (Å²) in [7, 11) is 3.80. The van der Waals surface area contributed by atoms with Crippen LogP contribution in [0.5, 0.6) is 0 Å². The second kappa shape index (κ2) is 5.13. The van der Waals surface area contributed by atoms with E-state index in [1.54, 1.807) is 0 Å². The predicted octanol–water partition coefficient (Wildman–Crippen LogP) is 2.65. The van der Waals surface area contributed by atoms with Crippen LogP contribution in [0.4, 0.5) is 0 Å². The molecule has 1 heterocycles. The summed E-state index contributed by atoms with van der Waals surface area (Å²) in [5, 5.41) is 0. The first-order valence-corrected chi connectivity index (χ1v) is 5.67. The number of hydrogen-bond donors (Lipinski definition) is 0. The molecule has 0 atom stereocenters. The summed E-state index contributed by atoms with van der Waals surface area (Å²) in [6.07, 6.45) is 1.82. The lowest BCUT2D eigenvalue weighted by molar-refractivity contribution is 0.102. The third kappa shape index (κ3) is 3.16. The minimum Gasteiger partial charge on any atom is -0.383 e. The first-order chi connectivity index (χ1) is 7.82. The predicted molar refractivity (Wildman–Crippen MR) is 70.2 cm³/mol. The highest BCUT2D eigenvalue weighted by atomic mass is 16.1. The van der Waals surface area contributed by atoms with Gasteiger partial charge in [-0.15, -0.1) is 0 Å². The molecule has 0 radical (unpaired) electrons. The van der Waals surface area contributed by atoms with Crippen molar-refractivity contribution >= 4 is 5.78 Å². The molecule has 1 aromatic heterocycles. The molecule has 1 rings (SSSR count). The Bertz CT molecular complexity index is 473.